The maximum Gasteiger partial charge on any atom is 0.123 e. The van der Waals surface area contributed by atoms with Crippen LogP contribution in [0, 0.1) is 17.4 Å². The first-order valence-electron chi connectivity index (χ1n) is 5.20. The van der Waals surface area contributed by atoms with E-state index in [4.69, 9.17) is 4.42 Å². The normalized spacial score (nSPS) is 10.4. The van der Waals surface area contributed by atoms with Gasteiger partial charge in [0.25, 0.3) is 0 Å². The van der Waals surface area contributed by atoms with Crippen molar-refractivity contribution in [3.8, 4) is 0 Å². The molecular formula is C13H14INO. The summed E-state index contributed by atoms with van der Waals surface area (Å²) in [6, 6.07) is 10.4. The minimum absolute atomic E-state index is 0.731. The lowest BCUT2D eigenvalue weighted by molar-refractivity contribution is 0.490. The molecule has 0 aliphatic heterocycles. The third kappa shape index (κ3) is 2.78. The molecule has 2 nitrogen and oxygen atoms in total. The highest BCUT2D eigenvalue weighted by atomic mass is 127. The van der Waals surface area contributed by atoms with Crippen molar-refractivity contribution in [2.24, 2.45) is 0 Å². The largest absolute Gasteiger partial charge is 0.465 e. The SMILES string of the molecule is Cc1ccc(CNc2ccc(I)cc2C)o1. The third-order valence-electron chi connectivity index (χ3n) is 2.44. The van der Waals surface area contributed by atoms with Gasteiger partial charge in [0, 0.05) is 9.26 Å². The summed E-state index contributed by atoms with van der Waals surface area (Å²) in [6.07, 6.45) is 0. The number of aryl methyl sites for hydroxylation is 2. The van der Waals surface area contributed by atoms with Crippen LogP contribution in [0.3, 0.4) is 0 Å². The van der Waals surface area contributed by atoms with Crippen molar-refractivity contribution in [1.29, 1.82) is 0 Å². The molecule has 1 aromatic carbocycles. The number of benzene rings is 1. The van der Waals surface area contributed by atoms with Crippen LogP contribution in [0.5, 0.6) is 0 Å². The molecule has 16 heavy (non-hydrogen) atoms. The van der Waals surface area contributed by atoms with Gasteiger partial charge < -0.3 is 9.73 Å². The summed E-state index contributed by atoms with van der Waals surface area (Å²) in [5.41, 5.74) is 2.42. The lowest BCUT2D eigenvalue weighted by Crippen LogP contribution is -2.00. The fraction of sp³-hybridized carbons (Fsp3) is 0.231. The Bertz CT molecular complexity index is 490. The van der Waals surface area contributed by atoms with Crippen molar-refractivity contribution in [2.45, 2.75) is 20.4 Å². The van der Waals surface area contributed by atoms with E-state index in [0.29, 0.717) is 0 Å². The molecule has 0 fully saturated rings. The van der Waals surface area contributed by atoms with E-state index in [9.17, 15) is 0 Å². The smallest absolute Gasteiger partial charge is 0.123 e. The molecule has 2 aromatic rings. The summed E-state index contributed by atoms with van der Waals surface area (Å²) in [5, 5.41) is 3.37. The molecule has 1 heterocycles. The molecule has 0 radical (unpaired) electrons. The minimum atomic E-state index is 0.731. The van der Waals surface area contributed by atoms with Gasteiger partial charge in [0.1, 0.15) is 11.5 Å². The zero-order chi connectivity index (χ0) is 11.5. The Labute approximate surface area is 109 Å². The summed E-state index contributed by atoms with van der Waals surface area (Å²) in [7, 11) is 0. The van der Waals surface area contributed by atoms with E-state index in [2.05, 4.69) is 53.0 Å². The van der Waals surface area contributed by atoms with E-state index >= 15 is 0 Å². The third-order valence-corrected chi connectivity index (χ3v) is 3.11. The number of hydrogen-bond acceptors (Lipinski definition) is 2. The summed E-state index contributed by atoms with van der Waals surface area (Å²) in [4.78, 5) is 0. The van der Waals surface area contributed by atoms with Crippen molar-refractivity contribution in [2.75, 3.05) is 5.32 Å². The van der Waals surface area contributed by atoms with E-state index in [1.54, 1.807) is 0 Å². The predicted molar refractivity (Wildman–Crippen MR) is 74.7 cm³/mol. The summed E-state index contributed by atoms with van der Waals surface area (Å²) in [6.45, 7) is 4.80. The summed E-state index contributed by atoms with van der Waals surface area (Å²) < 4.78 is 6.76. The zero-order valence-electron chi connectivity index (χ0n) is 9.38. The number of furan rings is 1. The van der Waals surface area contributed by atoms with Crippen LogP contribution in [0.15, 0.2) is 34.7 Å². The first-order chi connectivity index (χ1) is 7.65. The van der Waals surface area contributed by atoms with Gasteiger partial charge in [-0.1, -0.05) is 0 Å². The number of anilines is 1. The van der Waals surface area contributed by atoms with E-state index < -0.39 is 0 Å². The summed E-state index contributed by atoms with van der Waals surface area (Å²) >= 11 is 2.32. The number of hydrogen-bond donors (Lipinski definition) is 1. The molecule has 0 atom stereocenters. The topological polar surface area (TPSA) is 25.2 Å². The molecule has 3 heteroatoms. The highest BCUT2D eigenvalue weighted by molar-refractivity contribution is 14.1. The first kappa shape index (κ1) is 11.5. The van der Waals surface area contributed by atoms with Crippen LogP contribution in [0.1, 0.15) is 17.1 Å². The van der Waals surface area contributed by atoms with Crippen LogP contribution in [0.2, 0.25) is 0 Å². The van der Waals surface area contributed by atoms with Gasteiger partial charge in [-0.15, -0.1) is 0 Å². The van der Waals surface area contributed by atoms with Crippen molar-refractivity contribution >= 4 is 28.3 Å². The number of halogens is 1. The van der Waals surface area contributed by atoms with E-state index in [1.165, 1.54) is 9.13 Å². The number of nitrogens with one attached hydrogen (secondary N) is 1. The van der Waals surface area contributed by atoms with Gasteiger partial charge >= 0.3 is 0 Å². The Morgan fingerprint density at radius 3 is 2.62 bits per heavy atom. The lowest BCUT2D eigenvalue weighted by atomic mass is 10.2. The molecule has 0 unspecified atom stereocenters. The van der Waals surface area contributed by atoms with Gasteiger partial charge in [-0.25, -0.2) is 0 Å². The second-order valence-corrected chi connectivity index (χ2v) is 5.07. The summed E-state index contributed by atoms with van der Waals surface area (Å²) in [5.74, 6) is 1.92. The molecular weight excluding hydrogens is 313 g/mol. The van der Waals surface area contributed by atoms with Crippen LogP contribution in [-0.4, -0.2) is 0 Å². The lowest BCUT2D eigenvalue weighted by Gasteiger charge is -2.08. The Morgan fingerprint density at radius 2 is 2.00 bits per heavy atom. The van der Waals surface area contributed by atoms with Crippen molar-refractivity contribution in [3.63, 3.8) is 0 Å². The van der Waals surface area contributed by atoms with Gasteiger partial charge in [-0.2, -0.15) is 0 Å². The van der Waals surface area contributed by atoms with Crippen molar-refractivity contribution < 1.29 is 4.42 Å². The van der Waals surface area contributed by atoms with Gasteiger partial charge in [0.15, 0.2) is 0 Å². The van der Waals surface area contributed by atoms with Gasteiger partial charge in [0.2, 0.25) is 0 Å². The molecule has 0 bridgehead atoms. The van der Waals surface area contributed by atoms with E-state index in [1.807, 2.05) is 19.1 Å². The molecule has 0 saturated heterocycles. The maximum atomic E-state index is 5.50. The molecule has 0 amide bonds. The highest BCUT2D eigenvalue weighted by Crippen LogP contribution is 2.18. The van der Waals surface area contributed by atoms with Crippen LogP contribution in [-0.2, 0) is 6.54 Å². The van der Waals surface area contributed by atoms with Gasteiger partial charge in [-0.05, 0) is 72.3 Å². The Balaban J connectivity index is 2.04. The zero-order valence-corrected chi connectivity index (χ0v) is 11.5. The fourth-order valence-electron chi connectivity index (χ4n) is 1.59. The molecule has 1 aromatic heterocycles. The second kappa shape index (κ2) is 4.91. The monoisotopic (exact) mass is 327 g/mol. The highest BCUT2D eigenvalue weighted by Gasteiger charge is 2.01. The van der Waals surface area contributed by atoms with Gasteiger partial charge in [0.05, 0.1) is 6.54 Å². The second-order valence-electron chi connectivity index (χ2n) is 3.83. The maximum absolute atomic E-state index is 5.50. The van der Waals surface area contributed by atoms with Gasteiger partial charge in [-0.3, -0.25) is 0 Å². The van der Waals surface area contributed by atoms with Crippen LogP contribution in [0.25, 0.3) is 0 Å². The molecule has 84 valence electrons. The van der Waals surface area contributed by atoms with E-state index in [-0.39, 0.29) is 0 Å². The van der Waals surface area contributed by atoms with E-state index in [0.717, 1.165) is 23.8 Å². The Morgan fingerprint density at radius 1 is 1.19 bits per heavy atom. The van der Waals surface area contributed by atoms with Crippen molar-refractivity contribution in [1.82, 2.24) is 0 Å². The average Bonchev–Trinajstić information content (AvgIpc) is 2.63. The molecule has 2 rings (SSSR count). The molecule has 0 spiro atoms. The van der Waals surface area contributed by atoms with Crippen LogP contribution >= 0.6 is 22.6 Å². The number of rotatable bonds is 3. The molecule has 0 aliphatic carbocycles. The Hall–Kier alpha value is -0.970. The first-order valence-corrected chi connectivity index (χ1v) is 6.28. The van der Waals surface area contributed by atoms with Crippen molar-refractivity contribution in [3.05, 3.63) is 51.0 Å². The minimum Gasteiger partial charge on any atom is -0.465 e. The Kier molecular flexibility index (Phi) is 3.53. The standard InChI is InChI=1S/C13H14INO/c1-9-7-11(14)4-6-13(9)15-8-12-5-3-10(2)16-12/h3-7,15H,8H2,1-2H3. The molecule has 0 saturated carbocycles. The van der Waals surface area contributed by atoms with Crippen LogP contribution in [0.4, 0.5) is 5.69 Å². The van der Waals surface area contributed by atoms with Crippen LogP contribution < -0.4 is 5.32 Å². The average molecular weight is 327 g/mol. The quantitative estimate of drug-likeness (QED) is 0.858. The molecule has 1 N–H and O–H groups in total. The predicted octanol–water partition coefficient (Wildman–Crippen LogP) is 4.11. The molecule has 0 aliphatic rings. The fourth-order valence-corrected chi connectivity index (χ4v) is 2.23.